The monoisotopic (exact) mass is 378 g/mol. The Morgan fingerprint density at radius 1 is 1.04 bits per heavy atom. The van der Waals surface area contributed by atoms with E-state index in [2.05, 4.69) is 5.32 Å². The van der Waals surface area contributed by atoms with Crippen molar-refractivity contribution in [3.8, 4) is 5.75 Å². The highest BCUT2D eigenvalue weighted by Crippen LogP contribution is 2.32. The van der Waals surface area contributed by atoms with Gasteiger partial charge in [-0.3, -0.25) is 14.5 Å². The number of aryl methyl sites for hydroxylation is 1. The van der Waals surface area contributed by atoms with E-state index in [1.807, 2.05) is 76.2 Å². The van der Waals surface area contributed by atoms with Crippen molar-refractivity contribution in [2.45, 2.75) is 27.7 Å². The zero-order valence-corrected chi connectivity index (χ0v) is 16.8. The summed E-state index contributed by atoms with van der Waals surface area (Å²) in [4.78, 5) is 27.5. The van der Waals surface area contributed by atoms with Crippen molar-refractivity contribution in [3.63, 3.8) is 0 Å². The highest BCUT2D eigenvalue weighted by atomic mass is 16.5. The van der Waals surface area contributed by atoms with Gasteiger partial charge in [-0.1, -0.05) is 38.1 Å². The zero-order chi connectivity index (χ0) is 20.3. The van der Waals surface area contributed by atoms with Crippen LogP contribution in [0.5, 0.6) is 5.75 Å². The molecule has 0 atom stereocenters. The maximum absolute atomic E-state index is 13.1. The van der Waals surface area contributed by atoms with E-state index in [1.54, 1.807) is 0 Å². The first kappa shape index (κ1) is 19.7. The van der Waals surface area contributed by atoms with Gasteiger partial charge < -0.3 is 10.1 Å². The maximum Gasteiger partial charge on any atom is 0.278 e. The van der Waals surface area contributed by atoms with Crippen LogP contribution >= 0.6 is 0 Å². The number of imide groups is 1. The largest absolute Gasteiger partial charge is 0.494 e. The first-order valence-corrected chi connectivity index (χ1v) is 9.58. The van der Waals surface area contributed by atoms with E-state index in [4.69, 9.17) is 4.74 Å². The molecule has 146 valence electrons. The third-order valence-electron chi connectivity index (χ3n) is 4.46. The van der Waals surface area contributed by atoms with Gasteiger partial charge in [-0.25, -0.2) is 0 Å². The lowest BCUT2D eigenvalue weighted by Gasteiger charge is -2.17. The topological polar surface area (TPSA) is 58.6 Å². The van der Waals surface area contributed by atoms with Crippen LogP contribution in [-0.2, 0) is 9.59 Å². The molecule has 0 fully saturated rings. The van der Waals surface area contributed by atoms with Gasteiger partial charge in [0.15, 0.2) is 0 Å². The molecule has 0 saturated carbocycles. The van der Waals surface area contributed by atoms with Crippen LogP contribution in [-0.4, -0.2) is 29.9 Å². The number of carbonyl (C=O) groups excluding carboxylic acids is 2. The van der Waals surface area contributed by atoms with E-state index < -0.39 is 0 Å². The van der Waals surface area contributed by atoms with E-state index in [0.29, 0.717) is 30.0 Å². The molecule has 5 nitrogen and oxygen atoms in total. The van der Waals surface area contributed by atoms with Gasteiger partial charge in [-0.15, -0.1) is 0 Å². The molecule has 0 bridgehead atoms. The van der Waals surface area contributed by atoms with Crippen LogP contribution in [0.15, 0.2) is 54.2 Å². The summed E-state index contributed by atoms with van der Waals surface area (Å²) in [5.74, 6) is 0.366. The first-order valence-electron chi connectivity index (χ1n) is 9.58. The van der Waals surface area contributed by atoms with E-state index in [-0.39, 0.29) is 17.7 Å². The van der Waals surface area contributed by atoms with Crippen molar-refractivity contribution in [2.75, 3.05) is 18.5 Å². The second-order valence-corrected chi connectivity index (χ2v) is 7.32. The molecule has 2 amide bonds. The van der Waals surface area contributed by atoms with Gasteiger partial charge in [-0.2, -0.15) is 0 Å². The second kappa shape index (κ2) is 8.30. The quantitative estimate of drug-likeness (QED) is 0.732. The summed E-state index contributed by atoms with van der Waals surface area (Å²) in [7, 11) is 0. The minimum Gasteiger partial charge on any atom is -0.494 e. The molecule has 1 heterocycles. The number of rotatable bonds is 7. The summed E-state index contributed by atoms with van der Waals surface area (Å²) in [6, 6.07) is 15.0. The number of nitrogens with zero attached hydrogens (tertiary/aromatic N) is 1. The van der Waals surface area contributed by atoms with Crippen molar-refractivity contribution in [2.24, 2.45) is 5.92 Å². The summed E-state index contributed by atoms with van der Waals surface area (Å²) in [5.41, 5.74) is 3.27. The molecule has 3 rings (SSSR count). The van der Waals surface area contributed by atoms with Gasteiger partial charge in [0.05, 0.1) is 12.2 Å². The SMILES string of the molecule is CCOc1ccc(C2=C(Nc3cccc(C)c3)C(=O)N(CC(C)C)C2=O)cc1. The highest BCUT2D eigenvalue weighted by molar-refractivity contribution is 6.36. The molecule has 2 aromatic rings. The van der Waals surface area contributed by atoms with E-state index in [9.17, 15) is 9.59 Å². The molecule has 0 radical (unpaired) electrons. The number of carbonyl (C=O) groups is 2. The van der Waals surface area contributed by atoms with Gasteiger partial charge in [0.25, 0.3) is 11.8 Å². The average Bonchev–Trinajstić information content (AvgIpc) is 2.87. The normalized spacial score (nSPS) is 14.2. The molecular formula is C23H26N2O3. The standard InChI is InChI=1S/C23H26N2O3/c1-5-28-19-11-9-17(10-12-19)20-21(24-18-8-6-7-16(4)13-18)23(27)25(22(20)26)14-15(2)3/h6-13,15,24H,5,14H2,1-4H3. The Labute approximate surface area is 166 Å². The third kappa shape index (κ3) is 4.09. The minimum atomic E-state index is -0.288. The van der Waals surface area contributed by atoms with Crippen molar-refractivity contribution >= 4 is 23.1 Å². The van der Waals surface area contributed by atoms with E-state index in [0.717, 1.165) is 17.0 Å². The Morgan fingerprint density at radius 3 is 2.36 bits per heavy atom. The first-order chi connectivity index (χ1) is 13.4. The predicted octanol–water partition coefficient (Wildman–Crippen LogP) is 4.24. The Morgan fingerprint density at radius 2 is 1.75 bits per heavy atom. The lowest BCUT2D eigenvalue weighted by Crippen LogP contribution is -2.35. The molecule has 28 heavy (non-hydrogen) atoms. The molecule has 2 aromatic carbocycles. The van der Waals surface area contributed by atoms with Crippen molar-refractivity contribution in [1.82, 2.24) is 4.90 Å². The Bertz CT molecular complexity index is 914. The van der Waals surface area contributed by atoms with Gasteiger partial charge in [0.1, 0.15) is 11.4 Å². The molecular weight excluding hydrogens is 352 g/mol. The number of hydrogen-bond donors (Lipinski definition) is 1. The van der Waals surface area contributed by atoms with Crippen LogP contribution in [0.2, 0.25) is 0 Å². The molecule has 0 spiro atoms. The molecule has 5 heteroatoms. The van der Waals surface area contributed by atoms with Gasteiger partial charge in [-0.05, 0) is 55.2 Å². The Kier molecular flexibility index (Phi) is 5.83. The van der Waals surface area contributed by atoms with Crippen molar-refractivity contribution < 1.29 is 14.3 Å². The lowest BCUT2D eigenvalue weighted by molar-refractivity contribution is -0.137. The van der Waals surface area contributed by atoms with Crippen LogP contribution in [0, 0.1) is 12.8 Å². The van der Waals surface area contributed by atoms with Crippen LogP contribution in [0.3, 0.4) is 0 Å². The molecule has 1 aliphatic rings. The molecule has 0 unspecified atom stereocenters. The van der Waals surface area contributed by atoms with E-state index >= 15 is 0 Å². The number of amides is 2. The average molecular weight is 378 g/mol. The zero-order valence-electron chi connectivity index (χ0n) is 16.8. The van der Waals surface area contributed by atoms with Crippen molar-refractivity contribution in [1.29, 1.82) is 0 Å². The third-order valence-corrected chi connectivity index (χ3v) is 4.46. The fraction of sp³-hybridized carbons (Fsp3) is 0.304. The fourth-order valence-corrected chi connectivity index (χ4v) is 3.24. The second-order valence-electron chi connectivity index (χ2n) is 7.32. The molecule has 0 saturated heterocycles. The number of ether oxygens (including phenoxy) is 1. The van der Waals surface area contributed by atoms with Crippen LogP contribution < -0.4 is 10.1 Å². The summed E-state index contributed by atoms with van der Waals surface area (Å²) >= 11 is 0. The molecule has 0 aromatic heterocycles. The lowest BCUT2D eigenvalue weighted by atomic mass is 10.0. The molecule has 0 aliphatic carbocycles. The fourth-order valence-electron chi connectivity index (χ4n) is 3.24. The van der Waals surface area contributed by atoms with Gasteiger partial charge >= 0.3 is 0 Å². The Balaban J connectivity index is 2.03. The smallest absolute Gasteiger partial charge is 0.278 e. The number of hydrogen-bond acceptors (Lipinski definition) is 4. The van der Waals surface area contributed by atoms with Crippen LogP contribution in [0.4, 0.5) is 5.69 Å². The predicted molar refractivity (Wildman–Crippen MR) is 111 cm³/mol. The summed E-state index contributed by atoms with van der Waals surface area (Å²) in [6.07, 6.45) is 0. The van der Waals surface area contributed by atoms with Crippen molar-refractivity contribution in [3.05, 3.63) is 65.4 Å². The minimum absolute atomic E-state index is 0.188. The molecule has 1 aliphatic heterocycles. The maximum atomic E-state index is 13.1. The van der Waals surface area contributed by atoms with E-state index in [1.165, 1.54) is 4.90 Å². The summed E-state index contributed by atoms with van der Waals surface area (Å²) in [5, 5.41) is 3.19. The Hall–Kier alpha value is -3.08. The molecule has 1 N–H and O–H groups in total. The number of benzene rings is 2. The highest BCUT2D eigenvalue weighted by Gasteiger charge is 2.39. The van der Waals surface area contributed by atoms with Crippen LogP contribution in [0.1, 0.15) is 31.9 Å². The summed E-state index contributed by atoms with van der Waals surface area (Å²) < 4.78 is 5.49. The van der Waals surface area contributed by atoms with Gasteiger partial charge in [0.2, 0.25) is 0 Å². The number of nitrogens with one attached hydrogen (secondary N) is 1. The van der Waals surface area contributed by atoms with Crippen LogP contribution in [0.25, 0.3) is 5.57 Å². The van der Waals surface area contributed by atoms with Gasteiger partial charge in [0, 0.05) is 12.2 Å². The number of anilines is 1. The summed E-state index contributed by atoms with van der Waals surface area (Å²) in [6.45, 7) is 8.84.